The topological polar surface area (TPSA) is 92.4 Å². The minimum Gasteiger partial charge on any atom is -0.481 e. The molecule has 1 aromatic rings. The van der Waals surface area contributed by atoms with Crippen LogP contribution in [-0.4, -0.2) is 23.5 Å². The van der Waals surface area contributed by atoms with Gasteiger partial charge in [0.15, 0.2) is 0 Å². The molecule has 0 unspecified atom stereocenters. The zero-order valence-corrected chi connectivity index (χ0v) is 10.6. The first-order valence-electron chi connectivity index (χ1n) is 6.11. The van der Waals surface area contributed by atoms with E-state index in [0.717, 1.165) is 5.56 Å². The van der Waals surface area contributed by atoms with E-state index in [1.54, 1.807) is 18.2 Å². The number of aliphatic carboxylic acids is 1. The van der Waals surface area contributed by atoms with Crippen LogP contribution in [0.2, 0.25) is 0 Å². The molecule has 1 amide bonds. The molecule has 0 aliphatic heterocycles. The summed E-state index contributed by atoms with van der Waals surface area (Å²) in [4.78, 5) is 21.7. The summed E-state index contributed by atoms with van der Waals surface area (Å²) in [5.74, 6) is -0.998. The van der Waals surface area contributed by atoms with E-state index in [0.29, 0.717) is 25.1 Å². The average Bonchev–Trinajstić information content (AvgIpc) is 2.37. The fraction of sp³-hybridized carbons (Fsp3) is 0.286. The zero-order chi connectivity index (χ0) is 14.1. The number of nitrogens with one attached hydrogen (secondary N) is 1. The molecule has 0 aromatic heterocycles. The number of carboxylic acid groups (broad SMARTS) is 1. The Morgan fingerprint density at radius 1 is 1.21 bits per heavy atom. The number of hydrogen-bond acceptors (Lipinski definition) is 3. The molecule has 0 spiro atoms. The van der Waals surface area contributed by atoms with E-state index in [9.17, 15) is 9.59 Å². The highest BCUT2D eigenvalue weighted by Gasteiger charge is 1.98. The first-order chi connectivity index (χ1) is 9.08. The summed E-state index contributed by atoms with van der Waals surface area (Å²) in [6, 6.07) is 7.19. The first kappa shape index (κ1) is 14.8. The molecule has 19 heavy (non-hydrogen) atoms. The Kier molecular flexibility index (Phi) is 6.15. The number of rotatable bonds is 7. The highest BCUT2D eigenvalue weighted by atomic mass is 16.4. The quantitative estimate of drug-likeness (QED) is 0.396. The van der Waals surface area contributed by atoms with Crippen molar-refractivity contribution in [3.05, 3.63) is 35.9 Å². The molecule has 1 rings (SSSR count). The summed E-state index contributed by atoms with van der Waals surface area (Å²) in [5.41, 5.74) is 7.13. The van der Waals surface area contributed by atoms with Crippen LogP contribution in [0.3, 0.4) is 0 Å². The molecular weight excluding hydrogens is 244 g/mol. The van der Waals surface area contributed by atoms with Gasteiger partial charge in [0, 0.05) is 24.7 Å². The van der Waals surface area contributed by atoms with Crippen LogP contribution in [0.4, 0.5) is 5.69 Å². The summed E-state index contributed by atoms with van der Waals surface area (Å²) in [5, 5.41) is 11.1. The lowest BCUT2D eigenvalue weighted by molar-refractivity contribution is -0.137. The second kappa shape index (κ2) is 7.92. The van der Waals surface area contributed by atoms with Crippen molar-refractivity contribution in [3.63, 3.8) is 0 Å². The van der Waals surface area contributed by atoms with Gasteiger partial charge < -0.3 is 16.2 Å². The van der Waals surface area contributed by atoms with Crippen molar-refractivity contribution >= 4 is 23.6 Å². The van der Waals surface area contributed by atoms with Gasteiger partial charge in [0.1, 0.15) is 0 Å². The molecule has 4 N–H and O–H groups in total. The van der Waals surface area contributed by atoms with Gasteiger partial charge in [0.2, 0.25) is 5.91 Å². The summed E-state index contributed by atoms with van der Waals surface area (Å²) < 4.78 is 0. The number of nitrogen functional groups attached to an aromatic ring is 1. The first-order valence-corrected chi connectivity index (χ1v) is 6.11. The van der Waals surface area contributed by atoms with Crippen LogP contribution in [0.15, 0.2) is 30.3 Å². The van der Waals surface area contributed by atoms with E-state index in [1.165, 1.54) is 6.08 Å². The summed E-state index contributed by atoms with van der Waals surface area (Å²) >= 11 is 0. The molecule has 0 saturated carbocycles. The molecule has 0 fully saturated rings. The third-order valence-electron chi connectivity index (χ3n) is 2.48. The number of anilines is 1. The minimum atomic E-state index is -0.811. The van der Waals surface area contributed by atoms with E-state index >= 15 is 0 Å². The number of carbonyl (C=O) groups excluding carboxylic acids is 1. The van der Waals surface area contributed by atoms with Gasteiger partial charge in [-0.2, -0.15) is 0 Å². The van der Waals surface area contributed by atoms with Gasteiger partial charge in [-0.05, 0) is 36.6 Å². The van der Waals surface area contributed by atoms with Crippen LogP contribution in [0.1, 0.15) is 24.8 Å². The number of unbranched alkanes of at least 4 members (excludes halogenated alkanes) is 1. The molecule has 0 aliphatic rings. The predicted octanol–water partition coefficient (Wildman–Crippen LogP) is 1.65. The van der Waals surface area contributed by atoms with Crippen molar-refractivity contribution in [2.45, 2.75) is 19.3 Å². The second-order valence-electron chi connectivity index (χ2n) is 4.14. The van der Waals surface area contributed by atoms with Crippen molar-refractivity contribution in [2.24, 2.45) is 0 Å². The van der Waals surface area contributed by atoms with Gasteiger partial charge in [-0.25, -0.2) is 0 Å². The average molecular weight is 262 g/mol. The van der Waals surface area contributed by atoms with Crippen molar-refractivity contribution in [1.82, 2.24) is 5.32 Å². The zero-order valence-electron chi connectivity index (χ0n) is 10.6. The molecule has 0 radical (unpaired) electrons. The molecule has 0 heterocycles. The highest BCUT2D eigenvalue weighted by molar-refractivity contribution is 5.91. The van der Waals surface area contributed by atoms with Crippen molar-refractivity contribution in [2.75, 3.05) is 12.3 Å². The Hall–Kier alpha value is -2.30. The van der Waals surface area contributed by atoms with E-state index in [2.05, 4.69) is 5.32 Å². The van der Waals surface area contributed by atoms with Crippen LogP contribution >= 0.6 is 0 Å². The monoisotopic (exact) mass is 262 g/mol. The maximum absolute atomic E-state index is 11.4. The Morgan fingerprint density at radius 2 is 1.89 bits per heavy atom. The molecular formula is C14H18N2O3. The van der Waals surface area contributed by atoms with Crippen molar-refractivity contribution in [3.8, 4) is 0 Å². The second-order valence-corrected chi connectivity index (χ2v) is 4.14. The van der Waals surface area contributed by atoms with Gasteiger partial charge in [0.25, 0.3) is 0 Å². The maximum atomic E-state index is 11.4. The molecule has 102 valence electrons. The van der Waals surface area contributed by atoms with Crippen LogP contribution in [-0.2, 0) is 9.59 Å². The predicted molar refractivity (Wildman–Crippen MR) is 74.4 cm³/mol. The Labute approximate surface area is 112 Å². The van der Waals surface area contributed by atoms with E-state index in [-0.39, 0.29) is 12.3 Å². The molecule has 0 aliphatic carbocycles. The molecule has 0 saturated heterocycles. The highest BCUT2D eigenvalue weighted by Crippen LogP contribution is 2.06. The molecule has 5 heteroatoms. The van der Waals surface area contributed by atoms with Gasteiger partial charge in [-0.15, -0.1) is 0 Å². The molecule has 0 atom stereocenters. The number of carbonyl (C=O) groups is 2. The number of benzene rings is 1. The number of carboxylic acids is 1. The van der Waals surface area contributed by atoms with E-state index in [4.69, 9.17) is 10.8 Å². The Morgan fingerprint density at radius 3 is 2.53 bits per heavy atom. The number of hydrogen-bond donors (Lipinski definition) is 3. The third-order valence-corrected chi connectivity index (χ3v) is 2.48. The number of nitrogens with two attached hydrogens (primary N) is 1. The van der Waals surface area contributed by atoms with Crippen LogP contribution < -0.4 is 11.1 Å². The molecule has 0 bridgehead atoms. The Balaban J connectivity index is 2.23. The summed E-state index contributed by atoms with van der Waals surface area (Å²) in [6.07, 6.45) is 4.51. The van der Waals surface area contributed by atoms with Crippen LogP contribution in [0.5, 0.6) is 0 Å². The van der Waals surface area contributed by atoms with Gasteiger partial charge in [-0.3, -0.25) is 9.59 Å². The van der Waals surface area contributed by atoms with E-state index in [1.807, 2.05) is 12.1 Å². The fourth-order valence-corrected chi connectivity index (χ4v) is 1.45. The number of amides is 1. The lowest BCUT2D eigenvalue weighted by atomic mass is 10.2. The molecule has 1 aromatic carbocycles. The SMILES string of the molecule is Nc1ccc(/C=C/C(=O)NCCCCC(=O)O)cc1. The third kappa shape index (κ3) is 6.88. The standard InChI is InChI=1S/C14H18N2O3/c15-12-7-4-11(5-8-12)6-9-13(17)16-10-2-1-3-14(18)19/h4-9H,1-3,10,15H2,(H,16,17)(H,18,19)/b9-6+. The summed E-state index contributed by atoms with van der Waals surface area (Å²) in [6.45, 7) is 0.484. The fourth-order valence-electron chi connectivity index (χ4n) is 1.45. The Bertz CT molecular complexity index is 452. The normalized spacial score (nSPS) is 10.5. The van der Waals surface area contributed by atoms with E-state index < -0.39 is 5.97 Å². The molecule has 5 nitrogen and oxygen atoms in total. The van der Waals surface area contributed by atoms with Crippen molar-refractivity contribution < 1.29 is 14.7 Å². The van der Waals surface area contributed by atoms with Gasteiger partial charge in [-0.1, -0.05) is 12.1 Å². The maximum Gasteiger partial charge on any atom is 0.303 e. The van der Waals surface area contributed by atoms with Crippen molar-refractivity contribution in [1.29, 1.82) is 0 Å². The lowest BCUT2D eigenvalue weighted by Crippen LogP contribution is -2.22. The van der Waals surface area contributed by atoms with Crippen LogP contribution in [0.25, 0.3) is 6.08 Å². The lowest BCUT2D eigenvalue weighted by Gasteiger charge is -2.00. The smallest absolute Gasteiger partial charge is 0.303 e. The summed E-state index contributed by atoms with van der Waals surface area (Å²) in [7, 11) is 0. The van der Waals surface area contributed by atoms with Crippen LogP contribution in [0, 0.1) is 0 Å². The van der Waals surface area contributed by atoms with Gasteiger partial charge >= 0.3 is 5.97 Å². The largest absolute Gasteiger partial charge is 0.481 e. The minimum absolute atomic E-state index is 0.136. The van der Waals surface area contributed by atoms with Gasteiger partial charge in [0.05, 0.1) is 0 Å².